The van der Waals surface area contributed by atoms with Crippen LogP contribution >= 0.6 is 0 Å². The Hall–Kier alpha value is 0. The Kier molecular flexibility index (Phi) is 4.68. The highest BCUT2D eigenvalue weighted by Crippen LogP contribution is 2.36. The molecule has 86 valence electrons. The van der Waals surface area contributed by atoms with E-state index in [-0.39, 0.29) is 0 Å². The zero-order chi connectivity index (χ0) is 11.6. The van der Waals surface area contributed by atoms with E-state index in [0.717, 1.165) is 11.8 Å². The normalized spacial score (nSPS) is 14.1. The monoisotopic (exact) mass is 198 g/mol. The van der Waals surface area contributed by atoms with Crippen molar-refractivity contribution in [2.45, 2.75) is 68.2 Å². The van der Waals surface area contributed by atoms with Gasteiger partial charge < -0.3 is 0 Å². The molecule has 0 amide bonds. The first kappa shape index (κ1) is 14.0. The number of rotatable bonds is 3. The van der Waals surface area contributed by atoms with E-state index < -0.39 is 0 Å². The van der Waals surface area contributed by atoms with E-state index in [0.29, 0.717) is 10.8 Å². The van der Waals surface area contributed by atoms with Gasteiger partial charge in [0.15, 0.2) is 0 Å². The average Bonchev–Trinajstić information content (AvgIpc) is 1.78. The first-order chi connectivity index (χ1) is 6.01. The van der Waals surface area contributed by atoms with E-state index in [2.05, 4.69) is 55.4 Å². The SMILES string of the molecule is CC(C)C(CC(C)(C)C)CC(C)(C)C. The number of hydrogen-bond acceptors (Lipinski definition) is 0. The van der Waals surface area contributed by atoms with Gasteiger partial charge in [0.1, 0.15) is 0 Å². The minimum absolute atomic E-state index is 0.472. The van der Waals surface area contributed by atoms with E-state index >= 15 is 0 Å². The van der Waals surface area contributed by atoms with Gasteiger partial charge >= 0.3 is 0 Å². The molecule has 0 aliphatic carbocycles. The van der Waals surface area contributed by atoms with Gasteiger partial charge in [-0.25, -0.2) is 0 Å². The molecule has 14 heavy (non-hydrogen) atoms. The molecule has 0 nitrogen and oxygen atoms in total. The van der Waals surface area contributed by atoms with Gasteiger partial charge in [-0.1, -0.05) is 55.4 Å². The lowest BCUT2D eigenvalue weighted by Gasteiger charge is -2.33. The highest BCUT2D eigenvalue weighted by molar-refractivity contribution is 4.76. The van der Waals surface area contributed by atoms with Gasteiger partial charge in [0.05, 0.1) is 0 Å². The van der Waals surface area contributed by atoms with Crippen LogP contribution in [0.1, 0.15) is 68.2 Å². The summed E-state index contributed by atoms with van der Waals surface area (Å²) < 4.78 is 0. The second-order valence-corrected chi connectivity index (χ2v) is 7.53. The van der Waals surface area contributed by atoms with Gasteiger partial charge in [-0.05, 0) is 35.5 Å². The lowest BCUT2D eigenvalue weighted by atomic mass is 9.72. The van der Waals surface area contributed by atoms with E-state index in [1.54, 1.807) is 0 Å². The fourth-order valence-electron chi connectivity index (χ4n) is 2.12. The fourth-order valence-corrected chi connectivity index (χ4v) is 2.12. The Labute approximate surface area is 91.5 Å². The predicted molar refractivity (Wildman–Crippen MR) is 66.5 cm³/mol. The Morgan fingerprint density at radius 2 is 1.00 bits per heavy atom. The third kappa shape index (κ3) is 7.41. The molecular formula is C14H30. The molecule has 0 heteroatoms. The van der Waals surface area contributed by atoms with Crippen LogP contribution in [0.2, 0.25) is 0 Å². The molecule has 0 saturated carbocycles. The molecule has 0 unspecified atom stereocenters. The molecule has 0 saturated heterocycles. The third-order valence-electron chi connectivity index (χ3n) is 2.69. The van der Waals surface area contributed by atoms with Crippen LogP contribution in [-0.4, -0.2) is 0 Å². The molecule has 0 aromatic rings. The molecule has 0 aliphatic heterocycles. The molecule has 0 aromatic carbocycles. The summed E-state index contributed by atoms with van der Waals surface area (Å²) in [5.41, 5.74) is 0.945. The lowest BCUT2D eigenvalue weighted by molar-refractivity contribution is 0.177. The topological polar surface area (TPSA) is 0 Å². The molecule has 0 fully saturated rings. The van der Waals surface area contributed by atoms with Gasteiger partial charge in [-0.2, -0.15) is 0 Å². The summed E-state index contributed by atoms with van der Waals surface area (Å²) in [4.78, 5) is 0. The fraction of sp³-hybridized carbons (Fsp3) is 1.00. The lowest BCUT2D eigenvalue weighted by Crippen LogP contribution is -2.23. The molecule has 0 N–H and O–H groups in total. The quantitative estimate of drug-likeness (QED) is 0.589. The number of hydrogen-bond donors (Lipinski definition) is 0. The summed E-state index contributed by atoms with van der Waals surface area (Å²) in [6.45, 7) is 18.8. The van der Waals surface area contributed by atoms with Crippen molar-refractivity contribution in [3.05, 3.63) is 0 Å². The van der Waals surface area contributed by atoms with Gasteiger partial charge in [0.2, 0.25) is 0 Å². The molecular weight excluding hydrogens is 168 g/mol. The van der Waals surface area contributed by atoms with Gasteiger partial charge in [-0.3, -0.25) is 0 Å². The maximum atomic E-state index is 2.36. The minimum Gasteiger partial charge on any atom is -0.0625 e. The Morgan fingerprint density at radius 3 is 1.14 bits per heavy atom. The maximum Gasteiger partial charge on any atom is -0.0380 e. The van der Waals surface area contributed by atoms with Crippen LogP contribution in [-0.2, 0) is 0 Å². The highest BCUT2D eigenvalue weighted by Gasteiger charge is 2.25. The van der Waals surface area contributed by atoms with Crippen LogP contribution in [0.4, 0.5) is 0 Å². The second-order valence-electron chi connectivity index (χ2n) is 7.53. The molecule has 0 spiro atoms. The molecule has 0 aromatic heterocycles. The van der Waals surface area contributed by atoms with Gasteiger partial charge in [-0.15, -0.1) is 0 Å². The van der Waals surface area contributed by atoms with Crippen molar-refractivity contribution in [2.75, 3.05) is 0 Å². The third-order valence-corrected chi connectivity index (χ3v) is 2.69. The predicted octanol–water partition coefficient (Wildman–Crippen LogP) is 5.13. The Bertz CT molecular complexity index is 136. The maximum absolute atomic E-state index is 2.36. The van der Waals surface area contributed by atoms with E-state index in [4.69, 9.17) is 0 Å². The molecule has 0 bridgehead atoms. The van der Waals surface area contributed by atoms with Crippen molar-refractivity contribution >= 4 is 0 Å². The van der Waals surface area contributed by atoms with Crippen molar-refractivity contribution < 1.29 is 0 Å². The summed E-state index contributed by atoms with van der Waals surface area (Å²) in [7, 11) is 0. The van der Waals surface area contributed by atoms with Crippen LogP contribution in [0.15, 0.2) is 0 Å². The first-order valence-electron chi connectivity index (χ1n) is 6.01. The smallest absolute Gasteiger partial charge is 0.0380 e. The van der Waals surface area contributed by atoms with Crippen LogP contribution in [0, 0.1) is 22.7 Å². The van der Waals surface area contributed by atoms with Gasteiger partial charge in [0.25, 0.3) is 0 Å². The van der Waals surface area contributed by atoms with Crippen LogP contribution in [0.5, 0.6) is 0 Å². The Balaban J connectivity index is 4.32. The minimum atomic E-state index is 0.472. The van der Waals surface area contributed by atoms with Crippen molar-refractivity contribution in [1.82, 2.24) is 0 Å². The first-order valence-corrected chi connectivity index (χ1v) is 6.01. The largest absolute Gasteiger partial charge is 0.0625 e. The summed E-state index contributed by atoms with van der Waals surface area (Å²) in [6, 6.07) is 0. The van der Waals surface area contributed by atoms with Crippen LogP contribution in [0.3, 0.4) is 0 Å². The summed E-state index contributed by atoms with van der Waals surface area (Å²) >= 11 is 0. The zero-order valence-corrected chi connectivity index (χ0v) is 11.6. The Morgan fingerprint density at radius 1 is 0.714 bits per heavy atom. The summed E-state index contributed by atoms with van der Waals surface area (Å²) in [6.07, 6.45) is 2.70. The van der Waals surface area contributed by atoms with Crippen LogP contribution in [0.25, 0.3) is 0 Å². The molecule has 0 aliphatic rings. The van der Waals surface area contributed by atoms with Crippen molar-refractivity contribution in [3.63, 3.8) is 0 Å². The molecule has 0 radical (unpaired) electrons. The average molecular weight is 198 g/mol. The highest BCUT2D eigenvalue weighted by atomic mass is 14.3. The van der Waals surface area contributed by atoms with E-state index in [1.165, 1.54) is 12.8 Å². The summed E-state index contributed by atoms with van der Waals surface area (Å²) in [5, 5.41) is 0. The van der Waals surface area contributed by atoms with Crippen molar-refractivity contribution in [1.29, 1.82) is 0 Å². The van der Waals surface area contributed by atoms with E-state index in [9.17, 15) is 0 Å². The second kappa shape index (κ2) is 4.68. The standard InChI is InChI=1S/C14H30/c1-11(2)12(9-13(3,4)5)10-14(6,7)8/h11-12H,9-10H2,1-8H3. The van der Waals surface area contributed by atoms with E-state index in [1.807, 2.05) is 0 Å². The van der Waals surface area contributed by atoms with Crippen molar-refractivity contribution in [2.24, 2.45) is 22.7 Å². The van der Waals surface area contributed by atoms with Crippen LogP contribution < -0.4 is 0 Å². The van der Waals surface area contributed by atoms with Crippen molar-refractivity contribution in [3.8, 4) is 0 Å². The van der Waals surface area contributed by atoms with Gasteiger partial charge in [0, 0.05) is 0 Å². The molecule has 0 atom stereocenters. The summed E-state index contributed by atoms with van der Waals surface area (Å²) in [5.74, 6) is 1.68. The molecule has 0 rings (SSSR count). The zero-order valence-electron chi connectivity index (χ0n) is 11.6. The molecule has 0 heterocycles.